The second kappa shape index (κ2) is 7.50. The van der Waals surface area contributed by atoms with E-state index in [-0.39, 0.29) is 5.91 Å². The van der Waals surface area contributed by atoms with Crippen molar-refractivity contribution >= 4 is 17.6 Å². The molecule has 24 heavy (non-hydrogen) atoms. The molecule has 0 heterocycles. The van der Waals surface area contributed by atoms with Gasteiger partial charge in [-0.05, 0) is 55.8 Å². The average molecular weight is 329 g/mol. The number of nitrogens with one attached hydrogen (secondary N) is 1. The molecule has 0 spiro atoms. The van der Waals surface area contributed by atoms with Gasteiger partial charge in [0.15, 0.2) is 6.10 Å². The maximum atomic E-state index is 12.3. The summed E-state index contributed by atoms with van der Waals surface area (Å²) in [6, 6.07) is 11.8. The SMILES string of the molecule is COc1ccc(C)cc1NC(=O)c1ccc(O[C@@H](C)C(=O)O)cc1. The highest BCUT2D eigenvalue weighted by Crippen LogP contribution is 2.26. The number of aryl methyl sites for hydroxylation is 1. The number of ether oxygens (including phenoxy) is 2. The van der Waals surface area contributed by atoms with Crippen LogP contribution in [0.25, 0.3) is 0 Å². The van der Waals surface area contributed by atoms with Gasteiger partial charge in [-0.3, -0.25) is 4.79 Å². The predicted molar refractivity (Wildman–Crippen MR) is 89.9 cm³/mol. The van der Waals surface area contributed by atoms with Crippen LogP contribution in [0.15, 0.2) is 42.5 Å². The molecular formula is C18H19NO5. The number of hydrogen-bond donors (Lipinski definition) is 2. The second-order valence-electron chi connectivity index (χ2n) is 5.28. The lowest BCUT2D eigenvalue weighted by Crippen LogP contribution is -2.22. The van der Waals surface area contributed by atoms with Gasteiger partial charge in [0.2, 0.25) is 0 Å². The molecule has 2 aromatic rings. The fraction of sp³-hybridized carbons (Fsp3) is 0.222. The number of carbonyl (C=O) groups is 2. The number of methoxy groups -OCH3 is 1. The van der Waals surface area contributed by atoms with E-state index in [0.717, 1.165) is 5.56 Å². The molecule has 0 saturated heterocycles. The number of benzene rings is 2. The zero-order valence-corrected chi connectivity index (χ0v) is 13.7. The summed E-state index contributed by atoms with van der Waals surface area (Å²) in [5.41, 5.74) is 2.01. The van der Waals surface area contributed by atoms with Gasteiger partial charge in [0.05, 0.1) is 12.8 Å². The molecule has 126 valence electrons. The number of carboxylic acid groups (broad SMARTS) is 1. The van der Waals surface area contributed by atoms with E-state index >= 15 is 0 Å². The van der Waals surface area contributed by atoms with Gasteiger partial charge in [-0.15, -0.1) is 0 Å². The van der Waals surface area contributed by atoms with Crippen molar-refractivity contribution in [3.05, 3.63) is 53.6 Å². The Bertz CT molecular complexity index is 740. The fourth-order valence-electron chi connectivity index (χ4n) is 2.05. The maximum Gasteiger partial charge on any atom is 0.344 e. The van der Waals surface area contributed by atoms with Crippen LogP contribution in [0.5, 0.6) is 11.5 Å². The van der Waals surface area contributed by atoms with Crippen molar-refractivity contribution in [2.45, 2.75) is 20.0 Å². The van der Waals surface area contributed by atoms with E-state index in [9.17, 15) is 9.59 Å². The van der Waals surface area contributed by atoms with Crippen molar-refractivity contribution in [2.75, 3.05) is 12.4 Å². The van der Waals surface area contributed by atoms with Gasteiger partial charge in [0.1, 0.15) is 11.5 Å². The molecule has 0 bridgehead atoms. The molecule has 1 amide bonds. The minimum absolute atomic E-state index is 0.295. The van der Waals surface area contributed by atoms with Crippen molar-refractivity contribution in [3.63, 3.8) is 0 Å². The summed E-state index contributed by atoms with van der Waals surface area (Å²) >= 11 is 0. The van der Waals surface area contributed by atoms with Gasteiger partial charge in [-0.1, -0.05) is 6.07 Å². The van der Waals surface area contributed by atoms with Crippen LogP contribution in [-0.2, 0) is 4.79 Å². The first kappa shape index (κ1) is 17.3. The van der Waals surface area contributed by atoms with Crippen LogP contribution in [0.4, 0.5) is 5.69 Å². The van der Waals surface area contributed by atoms with Gasteiger partial charge < -0.3 is 19.9 Å². The minimum atomic E-state index is -1.05. The third kappa shape index (κ3) is 4.25. The highest BCUT2D eigenvalue weighted by molar-refractivity contribution is 6.05. The highest BCUT2D eigenvalue weighted by Gasteiger charge is 2.14. The number of carboxylic acids is 1. The number of aliphatic carboxylic acids is 1. The number of hydrogen-bond acceptors (Lipinski definition) is 4. The highest BCUT2D eigenvalue weighted by atomic mass is 16.5. The lowest BCUT2D eigenvalue weighted by molar-refractivity contribution is -0.144. The molecule has 6 heteroatoms. The van der Waals surface area contributed by atoms with Crippen molar-refractivity contribution in [3.8, 4) is 11.5 Å². The van der Waals surface area contributed by atoms with E-state index in [2.05, 4.69) is 5.32 Å². The number of amides is 1. The molecule has 2 aromatic carbocycles. The maximum absolute atomic E-state index is 12.3. The Labute approximate surface area is 140 Å². The van der Waals surface area contributed by atoms with Crippen LogP contribution in [0.2, 0.25) is 0 Å². The molecule has 2 rings (SSSR count). The van der Waals surface area contributed by atoms with Gasteiger partial charge in [-0.2, -0.15) is 0 Å². The summed E-state index contributed by atoms with van der Waals surface area (Å²) in [6.07, 6.45) is -0.957. The lowest BCUT2D eigenvalue weighted by Gasteiger charge is -2.12. The number of rotatable bonds is 6. The molecular weight excluding hydrogens is 310 g/mol. The van der Waals surface area contributed by atoms with Crippen molar-refractivity contribution < 1.29 is 24.2 Å². The van der Waals surface area contributed by atoms with Crippen LogP contribution in [0, 0.1) is 6.92 Å². The first-order valence-electron chi connectivity index (χ1n) is 7.36. The Morgan fingerprint density at radius 1 is 1.12 bits per heavy atom. The van der Waals surface area contributed by atoms with Crippen molar-refractivity contribution in [2.24, 2.45) is 0 Å². The molecule has 6 nitrogen and oxygen atoms in total. The Morgan fingerprint density at radius 3 is 2.38 bits per heavy atom. The third-order valence-electron chi connectivity index (χ3n) is 3.38. The monoisotopic (exact) mass is 329 g/mol. The van der Waals surface area contributed by atoms with Gasteiger partial charge >= 0.3 is 5.97 Å². The van der Waals surface area contributed by atoms with Crippen molar-refractivity contribution in [1.82, 2.24) is 0 Å². The smallest absolute Gasteiger partial charge is 0.344 e. The van der Waals surface area contributed by atoms with E-state index in [1.165, 1.54) is 14.0 Å². The average Bonchev–Trinajstić information content (AvgIpc) is 2.55. The topological polar surface area (TPSA) is 84.9 Å². The first-order valence-corrected chi connectivity index (χ1v) is 7.36. The summed E-state index contributed by atoms with van der Waals surface area (Å²) < 4.78 is 10.5. The largest absolute Gasteiger partial charge is 0.495 e. The molecule has 0 fully saturated rings. The molecule has 0 aromatic heterocycles. The molecule has 0 aliphatic rings. The molecule has 0 saturated carbocycles. The Kier molecular flexibility index (Phi) is 5.42. The van der Waals surface area contributed by atoms with E-state index in [0.29, 0.717) is 22.7 Å². The summed E-state index contributed by atoms with van der Waals surface area (Å²) in [4.78, 5) is 23.1. The molecule has 0 aliphatic carbocycles. The summed E-state index contributed by atoms with van der Waals surface area (Å²) in [5.74, 6) is -0.390. The van der Waals surface area contributed by atoms with Crippen LogP contribution in [0.1, 0.15) is 22.8 Å². The fourth-order valence-corrected chi connectivity index (χ4v) is 2.05. The standard InChI is InChI=1S/C18H19NO5/c1-11-4-9-16(23-3)15(10-11)19-17(20)13-5-7-14(8-6-13)24-12(2)18(21)22/h4-10,12H,1-3H3,(H,19,20)(H,21,22)/t12-/m0/s1. The number of carbonyl (C=O) groups excluding carboxylic acids is 1. The second-order valence-corrected chi connectivity index (χ2v) is 5.28. The summed E-state index contributed by atoms with van der Waals surface area (Å²) in [7, 11) is 1.54. The summed E-state index contributed by atoms with van der Waals surface area (Å²) in [6.45, 7) is 3.36. The molecule has 0 unspecified atom stereocenters. The zero-order valence-electron chi connectivity index (χ0n) is 13.7. The minimum Gasteiger partial charge on any atom is -0.495 e. The Morgan fingerprint density at radius 2 is 1.79 bits per heavy atom. The van der Waals surface area contributed by atoms with Gasteiger partial charge in [0, 0.05) is 5.56 Å². The van der Waals surface area contributed by atoms with Gasteiger partial charge in [-0.25, -0.2) is 4.79 Å². The molecule has 0 radical (unpaired) electrons. The Hall–Kier alpha value is -3.02. The molecule has 1 atom stereocenters. The van der Waals surface area contributed by atoms with Gasteiger partial charge in [0.25, 0.3) is 5.91 Å². The zero-order chi connectivity index (χ0) is 17.7. The normalized spacial score (nSPS) is 11.5. The van der Waals surface area contributed by atoms with E-state index in [1.54, 1.807) is 30.3 Å². The van der Waals surface area contributed by atoms with E-state index in [1.807, 2.05) is 19.1 Å². The van der Waals surface area contributed by atoms with Crippen LogP contribution < -0.4 is 14.8 Å². The quantitative estimate of drug-likeness (QED) is 0.850. The van der Waals surface area contributed by atoms with E-state index < -0.39 is 12.1 Å². The molecule has 2 N–H and O–H groups in total. The lowest BCUT2D eigenvalue weighted by atomic mass is 10.1. The first-order chi connectivity index (χ1) is 11.4. The van der Waals surface area contributed by atoms with E-state index in [4.69, 9.17) is 14.6 Å². The van der Waals surface area contributed by atoms with Crippen LogP contribution in [-0.4, -0.2) is 30.2 Å². The molecule has 0 aliphatic heterocycles. The van der Waals surface area contributed by atoms with Crippen molar-refractivity contribution in [1.29, 1.82) is 0 Å². The Balaban J connectivity index is 2.10. The van der Waals surface area contributed by atoms with Crippen LogP contribution >= 0.6 is 0 Å². The number of anilines is 1. The third-order valence-corrected chi connectivity index (χ3v) is 3.38. The summed E-state index contributed by atoms with van der Waals surface area (Å²) in [5, 5.41) is 11.6. The predicted octanol–water partition coefficient (Wildman–Crippen LogP) is 3.11. The van der Waals surface area contributed by atoms with Crippen LogP contribution in [0.3, 0.4) is 0 Å².